The lowest BCUT2D eigenvalue weighted by Crippen LogP contribution is -2.30. The highest BCUT2D eigenvalue weighted by Gasteiger charge is 2.16. The summed E-state index contributed by atoms with van der Waals surface area (Å²) in [6, 6.07) is 0. The maximum absolute atomic E-state index is 11.5. The van der Waals surface area contributed by atoms with Crippen molar-refractivity contribution < 1.29 is 4.79 Å². The van der Waals surface area contributed by atoms with Crippen molar-refractivity contribution in [2.24, 2.45) is 11.7 Å². The van der Waals surface area contributed by atoms with Crippen LogP contribution in [0, 0.1) is 12.8 Å². The molecule has 1 atom stereocenters. The predicted octanol–water partition coefficient (Wildman–Crippen LogP) is 1.31. The number of rotatable bonds is 3. The molecule has 6 heteroatoms. The third-order valence-corrected chi connectivity index (χ3v) is 2.85. The number of hydrogen-bond acceptors (Lipinski definition) is 4. The van der Waals surface area contributed by atoms with Crippen molar-refractivity contribution in [3.05, 3.63) is 11.1 Å². The first-order valence-electron chi connectivity index (χ1n) is 4.03. The number of carbonyl (C=O) groups excluding carboxylic acids is 1. The fraction of sp³-hybridized carbons (Fsp3) is 0.375. The summed E-state index contributed by atoms with van der Waals surface area (Å²) in [5.74, 6) is -0.680. The summed E-state index contributed by atoms with van der Waals surface area (Å²) in [5.41, 5.74) is 5.35. The highest BCUT2D eigenvalue weighted by atomic mass is 32.1. The number of amides is 1. The molecule has 0 aliphatic rings. The maximum Gasteiger partial charge on any atom is 0.235 e. The van der Waals surface area contributed by atoms with E-state index >= 15 is 0 Å². The largest absolute Gasteiger partial charge is 0.393 e. The van der Waals surface area contributed by atoms with E-state index in [0.29, 0.717) is 5.13 Å². The Kier molecular flexibility index (Phi) is 3.54. The Balaban J connectivity index is 2.61. The lowest BCUT2D eigenvalue weighted by atomic mass is 10.2. The quantitative estimate of drug-likeness (QED) is 0.767. The van der Waals surface area contributed by atoms with Gasteiger partial charge in [-0.1, -0.05) is 12.2 Å². The van der Waals surface area contributed by atoms with E-state index < -0.39 is 5.92 Å². The van der Waals surface area contributed by atoms with Crippen molar-refractivity contribution >= 4 is 39.6 Å². The first-order valence-corrected chi connectivity index (χ1v) is 5.26. The third-order valence-electron chi connectivity index (χ3n) is 1.67. The summed E-state index contributed by atoms with van der Waals surface area (Å²) in [6.45, 7) is 3.59. The average Bonchev–Trinajstić information content (AvgIpc) is 2.49. The van der Waals surface area contributed by atoms with Crippen LogP contribution >= 0.6 is 23.6 Å². The topological polar surface area (TPSA) is 68.0 Å². The van der Waals surface area contributed by atoms with Crippen molar-refractivity contribution in [3.8, 4) is 0 Å². The molecule has 0 fully saturated rings. The molecule has 1 aromatic rings. The van der Waals surface area contributed by atoms with E-state index in [1.54, 1.807) is 13.1 Å². The first kappa shape index (κ1) is 11.1. The van der Waals surface area contributed by atoms with Gasteiger partial charge in [0.05, 0.1) is 10.9 Å². The van der Waals surface area contributed by atoms with Gasteiger partial charge in [-0.05, 0) is 13.8 Å². The zero-order chi connectivity index (χ0) is 10.7. The van der Waals surface area contributed by atoms with Crippen molar-refractivity contribution in [1.82, 2.24) is 4.98 Å². The molecule has 0 radical (unpaired) electrons. The van der Waals surface area contributed by atoms with Gasteiger partial charge in [0.25, 0.3) is 0 Å². The SMILES string of the molecule is Cc1cnc(NC(=O)C(C)C(N)=S)s1. The number of carbonyl (C=O) groups is 1. The van der Waals surface area contributed by atoms with E-state index in [4.69, 9.17) is 18.0 Å². The second-order valence-corrected chi connectivity index (χ2v) is 4.60. The number of hydrogen-bond donors (Lipinski definition) is 2. The van der Waals surface area contributed by atoms with Gasteiger partial charge >= 0.3 is 0 Å². The second kappa shape index (κ2) is 4.47. The van der Waals surface area contributed by atoms with E-state index in [-0.39, 0.29) is 10.9 Å². The number of thiazole rings is 1. The van der Waals surface area contributed by atoms with Crippen molar-refractivity contribution in [2.75, 3.05) is 5.32 Å². The van der Waals surface area contributed by atoms with Crippen molar-refractivity contribution in [1.29, 1.82) is 0 Å². The number of nitrogens with one attached hydrogen (secondary N) is 1. The van der Waals surface area contributed by atoms with Crippen molar-refractivity contribution in [2.45, 2.75) is 13.8 Å². The van der Waals surface area contributed by atoms with Gasteiger partial charge in [-0.3, -0.25) is 4.79 Å². The van der Waals surface area contributed by atoms with E-state index in [0.717, 1.165) is 4.88 Å². The molecule has 0 bridgehead atoms. The van der Waals surface area contributed by atoms with E-state index in [2.05, 4.69) is 10.3 Å². The number of nitrogens with zero attached hydrogens (tertiary/aromatic N) is 1. The van der Waals surface area contributed by atoms with Crippen LogP contribution in [0.5, 0.6) is 0 Å². The van der Waals surface area contributed by atoms with E-state index in [1.807, 2.05) is 6.92 Å². The summed E-state index contributed by atoms with van der Waals surface area (Å²) in [4.78, 5) is 16.7. The minimum Gasteiger partial charge on any atom is -0.393 e. The van der Waals surface area contributed by atoms with Gasteiger partial charge in [-0.25, -0.2) is 4.98 Å². The van der Waals surface area contributed by atoms with Crippen LogP contribution in [0.2, 0.25) is 0 Å². The molecule has 3 N–H and O–H groups in total. The van der Waals surface area contributed by atoms with Crippen LogP contribution < -0.4 is 11.1 Å². The minimum absolute atomic E-state index is 0.191. The van der Waals surface area contributed by atoms with Gasteiger partial charge in [0.2, 0.25) is 5.91 Å². The lowest BCUT2D eigenvalue weighted by Gasteiger charge is -2.07. The summed E-state index contributed by atoms with van der Waals surface area (Å²) >= 11 is 6.13. The molecule has 4 nitrogen and oxygen atoms in total. The van der Waals surface area contributed by atoms with Gasteiger partial charge in [-0.2, -0.15) is 0 Å². The molecule has 1 amide bonds. The molecular weight excluding hydrogens is 218 g/mol. The van der Waals surface area contributed by atoms with Crippen LogP contribution in [0.15, 0.2) is 6.20 Å². The molecule has 0 saturated heterocycles. The zero-order valence-corrected chi connectivity index (χ0v) is 9.54. The summed E-state index contributed by atoms with van der Waals surface area (Å²) in [6.07, 6.45) is 1.70. The van der Waals surface area contributed by atoms with Crippen LogP contribution in [0.25, 0.3) is 0 Å². The normalized spacial score (nSPS) is 12.1. The molecule has 1 unspecified atom stereocenters. The Hall–Kier alpha value is -1.01. The summed E-state index contributed by atoms with van der Waals surface area (Å²) < 4.78 is 0. The smallest absolute Gasteiger partial charge is 0.235 e. The Morgan fingerprint density at radius 3 is 2.86 bits per heavy atom. The van der Waals surface area contributed by atoms with E-state index in [1.165, 1.54) is 11.3 Å². The Morgan fingerprint density at radius 2 is 2.43 bits per heavy atom. The number of nitrogens with two attached hydrogens (primary N) is 1. The highest BCUT2D eigenvalue weighted by Crippen LogP contribution is 2.17. The molecule has 0 aliphatic heterocycles. The maximum atomic E-state index is 11.5. The standard InChI is InChI=1S/C8H11N3OS2/c1-4-3-10-8(14-4)11-7(12)5(2)6(9)13/h3,5H,1-2H3,(H2,9,13)(H,10,11,12). The Morgan fingerprint density at radius 1 is 1.79 bits per heavy atom. The fourth-order valence-electron chi connectivity index (χ4n) is 0.755. The average molecular weight is 229 g/mol. The van der Waals surface area contributed by atoms with Gasteiger partial charge in [0.15, 0.2) is 5.13 Å². The zero-order valence-electron chi connectivity index (χ0n) is 7.90. The molecular formula is C8H11N3OS2. The van der Waals surface area contributed by atoms with Gasteiger partial charge in [0.1, 0.15) is 0 Å². The molecule has 0 spiro atoms. The van der Waals surface area contributed by atoms with Gasteiger partial charge in [0, 0.05) is 11.1 Å². The fourth-order valence-corrected chi connectivity index (χ4v) is 1.53. The molecule has 0 aliphatic carbocycles. The molecule has 0 saturated carbocycles. The monoisotopic (exact) mass is 229 g/mol. The Bertz CT molecular complexity index is 361. The molecule has 1 rings (SSSR count). The molecule has 1 heterocycles. The first-order chi connectivity index (χ1) is 6.50. The summed E-state index contributed by atoms with van der Waals surface area (Å²) in [5, 5.41) is 3.22. The highest BCUT2D eigenvalue weighted by molar-refractivity contribution is 7.80. The summed E-state index contributed by atoms with van der Waals surface area (Å²) in [7, 11) is 0. The predicted molar refractivity (Wildman–Crippen MR) is 61.4 cm³/mol. The lowest BCUT2D eigenvalue weighted by molar-refractivity contribution is -0.117. The van der Waals surface area contributed by atoms with Crippen LogP contribution in [0.3, 0.4) is 0 Å². The number of thiocarbonyl (C=S) groups is 1. The molecule has 76 valence electrons. The minimum atomic E-state index is -0.464. The van der Waals surface area contributed by atoms with Crippen molar-refractivity contribution in [3.63, 3.8) is 0 Å². The van der Waals surface area contributed by atoms with Crippen LogP contribution in [0.1, 0.15) is 11.8 Å². The Labute approximate surface area is 91.5 Å². The van der Waals surface area contributed by atoms with Gasteiger partial charge in [-0.15, -0.1) is 11.3 Å². The molecule has 0 aromatic carbocycles. The van der Waals surface area contributed by atoms with Crippen LogP contribution in [0.4, 0.5) is 5.13 Å². The number of anilines is 1. The van der Waals surface area contributed by atoms with Gasteiger partial charge < -0.3 is 11.1 Å². The number of aryl methyl sites for hydroxylation is 1. The second-order valence-electron chi connectivity index (χ2n) is 2.89. The van der Waals surface area contributed by atoms with Crippen LogP contribution in [-0.2, 0) is 4.79 Å². The van der Waals surface area contributed by atoms with Crippen LogP contribution in [-0.4, -0.2) is 15.9 Å². The third kappa shape index (κ3) is 2.74. The molecule has 14 heavy (non-hydrogen) atoms. The van der Waals surface area contributed by atoms with E-state index in [9.17, 15) is 4.79 Å². The number of aromatic nitrogens is 1. The molecule has 1 aromatic heterocycles.